The van der Waals surface area contributed by atoms with Crippen LogP contribution in [0.5, 0.6) is 0 Å². The van der Waals surface area contributed by atoms with Gasteiger partial charge in [0.1, 0.15) is 0 Å². The highest BCUT2D eigenvalue weighted by molar-refractivity contribution is 5.75. The molecule has 2 atom stereocenters. The number of hydrogen-bond acceptors (Lipinski definition) is 5. The Morgan fingerprint density at radius 2 is 1.94 bits per heavy atom. The number of halogens is 3. The Labute approximate surface area is 206 Å². The lowest BCUT2D eigenvalue weighted by atomic mass is 10.1. The van der Waals surface area contributed by atoms with E-state index in [-0.39, 0.29) is 30.3 Å². The van der Waals surface area contributed by atoms with Gasteiger partial charge in [0, 0.05) is 39.3 Å². The molecule has 1 N–H and O–H groups in total. The number of nitrogens with one attached hydrogen (secondary N) is 1. The molecule has 4 heterocycles. The van der Waals surface area contributed by atoms with Crippen LogP contribution < -0.4 is 21.5 Å². The molecule has 3 aromatic rings. The lowest BCUT2D eigenvalue weighted by Crippen LogP contribution is -2.40. The quantitative estimate of drug-likeness (QED) is 0.559. The molecule has 2 aliphatic rings. The van der Waals surface area contributed by atoms with E-state index in [4.69, 9.17) is 4.98 Å². The molecule has 0 saturated carbocycles. The lowest BCUT2D eigenvalue weighted by Gasteiger charge is -2.25. The molecule has 0 radical (unpaired) electrons. The van der Waals surface area contributed by atoms with Crippen molar-refractivity contribution in [2.24, 2.45) is 18.9 Å². The zero-order valence-corrected chi connectivity index (χ0v) is 20.7. The minimum atomic E-state index is -4.47. The van der Waals surface area contributed by atoms with Crippen LogP contribution in [0.4, 0.5) is 19.1 Å². The molecule has 2 saturated heterocycles. The molecule has 194 valence electrons. The summed E-state index contributed by atoms with van der Waals surface area (Å²) in [5.41, 5.74) is -0.739. The maximum Gasteiger partial charge on any atom is 0.416 e. The average molecular weight is 505 g/mol. The van der Waals surface area contributed by atoms with Crippen LogP contribution >= 0.6 is 0 Å². The van der Waals surface area contributed by atoms with Crippen LogP contribution in [0.1, 0.15) is 37.8 Å². The highest BCUT2D eigenvalue weighted by Gasteiger charge is 2.40. The monoisotopic (exact) mass is 504 g/mol. The van der Waals surface area contributed by atoms with E-state index in [2.05, 4.69) is 10.2 Å². The molecule has 0 amide bonds. The Balaban J connectivity index is 1.70. The summed E-state index contributed by atoms with van der Waals surface area (Å²) in [7, 11) is 1.59. The van der Waals surface area contributed by atoms with Crippen molar-refractivity contribution >= 4 is 17.1 Å². The van der Waals surface area contributed by atoms with Crippen LogP contribution in [0.25, 0.3) is 11.2 Å². The first-order chi connectivity index (χ1) is 17.1. The molecule has 0 aliphatic carbocycles. The Morgan fingerprint density at radius 3 is 2.67 bits per heavy atom. The summed E-state index contributed by atoms with van der Waals surface area (Å²) in [5, 5.41) is 3.39. The summed E-state index contributed by atoms with van der Waals surface area (Å²) >= 11 is 0. The second-order valence-corrected chi connectivity index (χ2v) is 10.3. The number of imidazole rings is 1. The minimum Gasteiger partial charge on any atom is -0.338 e. The first-order valence-corrected chi connectivity index (χ1v) is 12.4. The van der Waals surface area contributed by atoms with Gasteiger partial charge in [0.05, 0.1) is 12.1 Å². The largest absolute Gasteiger partial charge is 0.416 e. The van der Waals surface area contributed by atoms with Crippen LogP contribution in [0.2, 0.25) is 0 Å². The van der Waals surface area contributed by atoms with E-state index < -0.39 is 23.0 Å². The smallest absolute Gasteiger partial charge is 0.338 e. The van der Waals surface area contributed by atoms with Gasteiger partial charge in [0.2, 0.25) is 5.95 Å². The summed E-state index contributed by atoms with van der Waals surface area (Å²) < 4.78 is 44.5. The summed E-state index contributed by atoms with van der Waals surface area (Å²) in [6.07, 6.45) is -2.86. The van der Waals surface area contributed by atoms with E-state index in [0.29, 0.717) is 29.8 Å². The van der Waals surface area contributed by atoms with E-state index in [1.165, 1.54) is 15.2 Å². The highest BCUT2D eigenvalue weighted by Crippen LogP contribution is 2.34. The van der Waals surface area contributed by atoms with Crippen LogP contribution in [0.15, 0.2) is 33.9 Å². The van der Waals surface area contributed by atoms with Crippen LogP contribution in [0, 0.1) is 11.8 Å². The minimum absolute atomic E-state index is 0.0364. The SMILES string of the molecule is CC(C)CCn1c(=O)c2c(nc(N3CCC4CNCC43)n2Cc2cccc(C(F)(F)F)c2)n(C)c1=O. The van der Waals surface area contributed by atoms with E-state index in [9.17, 15) is 22.8 Å². The number of nitrogens with zero attached hydrogens (tertiary/aromatic N) is 5. The van der Waals surface area contributed by atoms with Crippen LogP contribution in [-0.2, 0) is 26.3 Å². The average Bonchev–Trinajstić information content (AvgIpc) is 3.52. The number of hydrogen-bond donors (Lipinski definition) is 1. The number of benzene rings is 1. The molecule has 0 spiro atoms. The van der Waals surface area contributed by atoms with E-state index in [1.54, 1.807) is 17.7 Å². The predicted molar refractivity (Wildman–Crippen MR) is 131 cm³/mol. The van der Waals surface area contributed by atoms with Gasteiger partial charge in [-0.1, -0.05) is 26.0 Å². The summed E-state index contributed by atoms with van der Waals surface area (Å²) in [5.74, 6) is 1.25. The highest BCUT2D eigenvalue weighted by atomic mass is 19.4. The molecule has 0 bridgehead atoms. The van der Waals surface area contributed by atoms with Gasteiger partial charge in [0.25, 0.3) is 5.56 Å². The molecular formula is C25H31F3N6O2. The summed E-state index contributed by atoms with van der Waals surface area (Å²) in [4.78, 5) is 33.7. The maximum absolute atomic E-state index is 13.7. The first-order valence-electron chi connectivity index (χ1n) is 12.4. The van der Waals surface area contributed by atoms with Crippen LogP contribution in [-0.4, -0.2) is 44.4 Å². The standard InChI is InChI=1S/C25H31F3N6O2/c1-15(2)7-9-33-22(35)20-21(31(3)24(33)36)30-23(32-10-8-17-12-29-13-19(17)32)34(20)14-16-5-4-6-18(11-16)25(26,27)28/h4-6,11,15,17,19,29H,7-10,12-14H2,1-3H3. The molecule has 2 unspecified atom stereocenters. The Morgan fingerprint density at radius 1 is 1.17 bits per heavy atom. The summed E-state index contributed by atoms with van der Waals surface area (Å²) in [6.45, 7) is 6.74. The fourth-order valence-electron chi connectivity index (χ4n) is 5.44. The second kappa shape index (κ2) is 9.10. The van der Waals surface area contributed by atoms with Crippen molar-refractivity contribution in [2.45, 2.75) is 52.0 Å². The van der Waals surface area contributed by atoms with Gasteiger partial charge in [-0.2, -0.15) is 18.2 Å². The molecule has 8 nitrogen and oxygen atoms in total. The van der Waals surface area contributed by atoms with E-state index in [0.717, 1.165) is 38.2 Å². The fraction of sp³-hybridized carbons (Fsp3) is 0.560. The Bertz CT molecular complexity index is 1400. The lowest BCUT2D eigenvalue weighted by molar-refractivity contribution is -0.137. The van der Waals surface area contributed by atoms with Gasteiger partial charge >= 0.3 is 11.9 Å². The van der Waals surface area contributed by atoms with Gasteiger partial charge in [-0.25, -0.2) is 4.79 Å². The van der Waals surface area contributed by atoms with Gasteiger partial charge in [-0.15, -0.1) is 0 Å². The first kappa shape index (κ1) is 24.6. The van der Waals surface area contributed by atoms with Crippen molar-refractivity contribution < 1.29 is 13.2 Å². The van der Waals surface area contributed by atoms with Crippen molar-refractivity contribution in [2.75, 3.05) is 24.5 Å². The Kier molecular flexibility index (Phi) is 6.22. The van der Waals surface area contributed by atoms with Gasteiger partial charge in [0.15, 0.2) is 11.2 Å². The molecule has 5 rings (SSSR count). The van der Waals surface area contributed by atoms with Crippen molar-refractivity contribution in [3.05, 3.63) is 56.2 Å². The molecule has 2 fully saturated rings. The van der Waals surface area contributed by atoms with Crippen molar-refractivity contribution in [3.63, 3.8) is 0 Å². The third-order valence-electron chi connectivity index (χ3n) is 7.44. The fourth-order valence-corrected chi connectivity index (χ4v) is 5.44. The maximum atomic E-state index is 13.7. The van der Waals surface area contributed by atoms with Crippen molar-refractivity contribution in [1.29, 1.82) is 0 Å². The number of aryl methyl sites for hydroxylation is 1. The molecule has 2 aromatic heterocycles. The normalized spacial score (nSPS) is 20.1. The predicted octanol–water partition coefficient (Wildman–Crippen LogP) is 2.81. The topological polar surface area (TPSA) is 77.1 Å². The van der Waals surface area contributed by atoms with Gasteiger partial charge in [-0.3, -0.25) is 18.5 Å². The van der Waals surface area contributed by atoms with Gasteiger partial charge in [-0.05, 0) is 42.4 Å². The van der Waals surface area contributed by atoms with E-state index >= 15 is 0 Å². The van der Waals surface area contributed by atoms with E-state index in [1.807, 2.05) is 13.8 Å². The van der Waals surface area contributed by atoms with Crippen molar-refractivity contribution in [1.82, 2.24) is 24.0 Å². The zero-order valence-electron chi connectivity index (χ0n) is 20.7. The molecule has 36 heavy (non-hydrogen) atoms. The molecule has 2 aliphatic heterocycles. The zero-order chi connectivity index (χ0) is 25.8. The third-order valence-corrected chi connectivity index (χ3v) is 7.44. The number of rotatable bonds is 6. The number of fused-ring (bicyclic) bond motifs is 2. The second-order valence-electron chi connectivity index (χ2n) is 10.3. The van der Waals surface area contributed by atoms with Crippen LogP contribution in [0.3, 0.4) is 0 Å². The Hall–Kier alpha value is -3.08. The summed E-state index contributed by atoms with van der Waals surface area (Å²) in [6, 6.07) is 5.32. The number of aromatic nitrogens is 4. The number of alkyl halides is 3. The van der Waals surface area contributed by atoms with Crippen molar-refractivity contribution in [3.8, 4) is 0 Å². The molecule has 1 aromatic carbocycles. The van der Waals surface area contributed by atoms with Gasteiger partial charge < -0.3 is 10.2 Å². The number of anilines is 1. The molecular weight excluding hydrogens is 473 g/mol. The molecule has 11 heteroatoms. The third kappa shape index (κ3) is 4.23.